The molecule has 0 aliphatic carbocycles. The Bertz CT molecular complexity index is 752. The first-order valence-corrected chi connectivity index (χ1v) is 9.06. The monoisotopic (exact) mass is 385 g/mol. The molecule has 2 aromatic rings. The molecule has 4 heterocycles. The number of fused-ring (bicyclic) bond motifs is 1. The molecule has 2 unspecified atom stereocenters. The number of hydrogen-bond donors (Lipinski definition) is 0. The van der Waals surface area contributed by atoms with E-state index in [-0.39, 0.29) is 0 Å². The molecule has 0 bridgehead atoms. The highest BCUT2D eigenvalue weighted by molar-refractivity contribution is 7.09. The molecular formula is C16H18F3N5OS. The SMILES string of the molecule is COCc1nsc(N2CC3CN(c4ccc(C(F)(F)F)cn4)CC3C2)n1. The summed E-state index contributed by atoms with van der Waals surface area (Å²) in [4.78, 5) is 12.8. The van der Waals surface area contributed by atoms with E-state index in [0.717, 1.165) is 43.6 Å². The molecule has 0 aromatic carbocycles. The van der Waals surface area contributed by atoms with Gasteiger partial charge in [0.2, 0.25) is 5.13 Å². The van der Waals surface area contributed by atoms with E-state index in [1.807, 2.05) is 0 Å². The average molecular weight is 385 g/mol. The van der Waals surface area contributed by atoms with Gasteiger partial charge in [0.05, 0.1) is 5.56 Å². The van der Waals surface area contributed by atoms with Crippen LogP contribution in [0.5, 0.6) is 0 Å². The van der Waals surface area contributed by atoms with Crippen molar-refractivity contribution in [2.24, 2.45) is 11.8 Å². The summed E-state index contributed by atoms with van der Waals surface area (Å²) in [6.45, 7) is 3.75. The number of halogens is 3. The minimum Gasteiger partial charge on any atom is -0.377 e. The van der Waals surface area contributed by atoms with E-state index in [1.165, 1.54) is 17.6 Å². The van der Waals surface area contributed by atoms with Crippen LogP contribution in [0.3, 0.4) is 0 Å². The Hall–Kier alpha value is -1.94. The summed E-state index contributed by atoms with van der Waals surface area (Å²) < 4.78 is 47.3. The summed E-state index contributed by atoms with van der Waals surface area (Å²) in [6.07, 6.45) is -3.44. The Labute approximate surface area is 152 Å². The third-order valence-corrected chi connectivity index (χ3v) is 5.70. The van der Waals surface area contributed by atoms with E-state index in [9.17, 15) is 13.2 Å². The van der Waals surface area contributed by atoms with Crippen LogP contribution in [-0.2, 0) is 17.5 Å². The molecule has 0 saturated carbocycles. The fraction of sp³-hybridized carbons (Fsp3) is 0.562. The molecule has 26 heavy (non-hydrogen) atoms. The molecule has 6 nitrogen and oxygen atoms in total. The van der Waals surface area contributed by atoms with Crippen molar-refractivity contribution in [3.05, 3.63) is 29.7 Å². The van der Waals surface area contributed by atoms with Crippen molar-refractivity contribution in [3.8, 4) is 0 Å². The zero-order valence-corrected chi connectivity index (χ0v) is 14.9. The van der Waals surface area contributed by atoms with Gasteiger partial charge in [-0.3, -0.25) is 0 Å². The second kappa shape index (κ2) is 6.66. The molecule has 4 rings (SSSR count). The van der Waals surface area contributed by atoms with E-state index in [4.69, 9.17) is 4.74 Å². The predicted octanol–water partition coefficient (Wildman–Crippen LogP) is 2.67. The summed E-state index contributed by atoms with van der Waals surface area (Å²) in [5, 5.41) is 0.908. The highest BCUT2D eigenvalue weighted by Crippen LogP contribution is 2.36. The average Bonchev–Trinajstić information content (AvgIpc) is 3.28. The molecule has 2 fully saturated rings. The fourth-order valence-corrected chi connectivity index (χ4v) is 4.33. The molecule has 0 N–H and O–H groups in total. The van der Waals surface area contributed by atoms with E-state index in [1.54, 1.807) is 7.11 Å². The smallest absolute Gasteiger partial charge is 0.377 e. The van der Waals surface area contributed by atoms with E-state index < -0.39 is 11.7 Å². The van der Waals surface area contributed by atoms with Crippen molar-refractivity contribution in [2.75, 3.05) is 43.1 Å². The maximum atomic E-state index is 12.7. The second-order valence-corrected chi connectivity index (χ2v) is 7.39. The van der Waals surface area contributed by atoms with Crippen molar-refractivity contribution >= 4 is 22.5 Å². The predicted molar refractivity (Wildman–Crippen MR) is 91.3 cm³/mol. The summed E-state index contributed by atoms with van der Waals surface area (Å²) in [5.74, 6) is 2.21. The lowest BCUT2D eigenvalue weighted by atomic mass is 10.0. The van der Waals surface area contributed by atoms with Gasteiger partial charge in [-0.25, -0.2) is 9.97 Å². The molecule has 2 aromatic heterocycles. The molecule has 2 aliphatic rings. The van der Waals surface area contributed by atoms with Crippen LogP contribution in [0.25, 0.3) is 0 Å². The Morgan fingerprint density at radius 3 is 2.42 bits per heavy atom. The first-order valence-electron chi connectivity index (χ1n) is 8.28. The van der Waals surface area contributed by atoms with Crippen LogP contribution in [0, 0.1) is 11.8 Å². The van der Waals surface area contributed by atoms with Crippen molar-refractivity contribution in [3.63, 3.8) is 0 Å². The van der Waals surface area contributed by atoms with Crippen LogP contribution in [0.4, 0.5) is 24.1 Å². The zero-order valence-electron chi connectivity index (χ0n) is 14.1. The molecule has 2 saturated heterocycles. The van der Waals surface area contributed by atoms with Crippen molar-refractivity contribution in [2.45, 2.75) is 12.8 Å². The fourth-order valence-electron chi connectivity index (χ4n) is 3.64. The van der Waals surface area contributed by atoms with Gasteiger partial charge in [-0.15, -0.1) is 0 Å². The lowest BCUT2D eigenvalue weighted by Gasteiger charge is -2.22. The number of aromatic nitrogens is 3. The number of methoxy groups -OCH3 is 1. The number of rotatable bonds is 4. The molecule has 140 valence electrons. The van der Waals surface area contributed by atoms with Gasteiger partial charge in [0.15, 0.2) is 5.82 Å². The summed E-state index contributed by atoms with van der Waals surface area (Å²) in [7, 11) is 1.62. The molecule has 0 amide bonds. The zero-order chi connectivity index (χ0) is 18.3. The van der Waals surface area contributed by atoms with E-state index >= 15 is 0 Å². The largest absolute Gasteiger partial charge is 0.417 e. The normalized spacial score (nSPS) is 22.9. The van der Waals surface area contributed by atoms with Crippen molar-refractivity contribution in [1.29, 1.82) is 0 Å². The highest BCUT2D eigenvalue weighted by atomic mass is 32.1. The second-order valence-electron chi connectivity index (χ2n) is 6.66. The van der Waals surface area contributed by atoms with Gasteiger partial charge in [0.25, 0.3) is 0 Å². The Kier molecular flexibility index (Phi) is 4.47. The van der Waals surface area contributed by atoms with E-state index in [2.05, 4.69) is 24.1 Å². The van der Waals surface area contributed by atoms with Gasteiger partial charge in [0, 0.05) is 62.9 Å². The van der Waals surface area contributed by atoms with Gasteiger partial charge >= 0.3 is 6.18 Å². The number of hydrogen-bond acceptors (Lipinski definition) is 7. The maximum Gasteiger partial charge on any atom is 0.417 e. The lowest BCUT2D eigenvalue weighted by Crippen LogP contribution is -2.29. The summed E-state index contributed by atoms with van der Waals surface area (Å²) in [6, 6.07) is 2.56. The van der Waals surface area contributed by atoms with Crippen LogP contribution in [0.1, 0.15) is 11.4 Å². The van der Waals surface area contributed by atoms with Gasteiger partial charge in [-0.1, -0.05) is 0 Å². The maximum absolute atomic E-state index is 12.7. The number of nitrogens with zero attached hydrogens (tertiary/aromatic N) is 5. The Balaban J connectivity index is 1.38. The van der Waals surface area contributed by atoms with Crippen molar-refractivity contribution < 1.29 is 17.9 Å². The summed E-state index contributed by atoms with van der Waals surface area (Å²) >= 11 is 1.38. The molecule has 0 radical (unpaired) electrons. The standard InChI is InChI=1S/C16H18F3N5OS/c1-25-9-13-21-15(26-22-13)24-7-10-5-23(6-11(10)8-24)14-3-2-12(4-20-14)16(17,18)19/h2-4,10-11H,5-9H2,1H3. The van der Waals surface area contributed by atoms with Crippen LogP contribution in [0.2, 0.25) is 0 Å². The molecular weight excluding hydrogens is 367 g/mol. The van der Waals surface area contributed by atoms with Crippen LogP contribution >= 0.6 is 11.5 Å². The first-order chi connectivity index (χ1) is 12.4. The van der Waals surface area contributed by atoms with Crippen LogP contribution in [0.15, 0.2) is 18.3 Å². The minimum absolute atomic E-state index is 0.407. The number of ether oxygens (including phenoxy) is 1. The first kappa shape index (κ1) is 17.5. The Morgan fingerprint density at radius 1 is 1.15 bits per heavy atom. The van der Waals surface area contributed by atoms with E-state index in [0.29, 0.717) is 30.1 Å². The quantitative estimate of drug-likeness (QED) is 0.807. The minimum atomic E-state index is -4.35. The van der Waals surface area contributed by atoms with Crippen molar-refractivity contribution in [1.82, 2.24) is 14.3 Å². The topological polar surface area (TPSA) is 54.4 Å². The third-order valence-electron chi connectivity index (χ3n) is 4.89. The Morgan fingerprint density at radius 2 is 1.85 bits per heavy atom. The molecule has 2 atom stereocenters. The van der Waals surface area contributed by atoms with Gasteiger partial charge in [-0.2, -0.15) is 17.5 Å². The van der Waals surface area contributed by atoms with Crippen LogP contribution in [-0.4, -0.2) is 47.6 Å². The van der Waals surface area contributed by atoms with Gasteiger partial charge < -0.3 is 14.5 Å². The molecule has 2 aliphatic heterocycles. The number of anilines is 2. The van der Waals surface area contributed by atoms with Gasteiger partial charge in [-0.05, 0) is 12.1 Å². The lowest BCUT2D eigenvalue weighted by molar-refractivity contribution is -0.137. The van der Waals surface area contributed by atoms with Gasteiger partial charge in [0.1, 0.15) is 12.4 Å². The summed E-state index contributed by atoms with van der Waals surface area (Å²) in [5.41, 5.74) is -0.713. The molecule has 0 spiro atoms. The molecule has 10 heteroatoms. The van der Waals surface area contributed by atoms with Crippen LogP contribution < -0.4 is 9.80 Å². The third kappa shape index (κ3) is 3.35. The number of alkyl halides is 3. The highest BCUT2D eigenvalue weighted by Gasteiger charge is 2.41. The number of pyridine rings is 1.